The van der Waals surface area contributed by atoms with Crippen molar-refractivity contribution in [1.29, 1.82) is 0 Å². The quantitative estimate of drug-likeness (QED) is 0.826. The molecule has 0 atom stereocenters. The smallest absolute Gasteiger partial charge is 0.356 e. The standard InChI is InChI=1S/C15H15NO6S/c1-21-15(18)14-8-12(7-10(9-17)16-14)22-11-3-5-13(6-4-11)23(2,19)20/h3-8,17H,9H2,1-2H3. The lowest BCUT2D eigenvalue weighted by molar-refractivity contribution is 0.0593. The zero-order valence-electron chi connectivity index (χ0n) is 12.5. The molecule has 1 aromatic heterocycles. The Hall–Kier alpha value is -2.45. The van der Waals surface area contributed by atoms with E-state index in [0.29, 0.717) is 5.75 Å². The first-order chi connectivity index (χ1) is 10.8. The summed E-state index contributed by atoms with van der Waals surface area (Å²) >= 11 is 0. The van der Waals surface area contributed by atoms with Crippen molar-refractivity contribution in [2.24, 2.45) is 0 Å². The average Bonchev–Trinajstić information content (AvgIpc) is 2.53. The highest BCUT2D eigenvalue weighted by Gasteiger charge is 2.12. The highest BCUT2D eigenvalue weighted by molar-refractivity contribution is 7.90. The molecule has 0 fully saturated rings. The van der Waals surface area contributed by atoms with Gasteiger partial charge >= 0.3 is 5.97 Å². The van der Waals surface area contributed by atoms with Gasteiger partial charge in [-0.15, -0.1) is 0 Å². The zero-order valence-corrected chi connectivity index (χ0v) is 13.3. The predicted octanol–water partition coefficient (Wildman–Crippen LogP) is 1.56. The van der Waals surface area contributed by atoms with Crippen molar-refractivity contribution in [3.05, 3.63) is 47.8 Å². The molecule has 0 unspecified atom stereocenters. The molecular formula is C15H15NO6S. The summed E-state index contributed by atoms with van der Waals surface area (Å²) in [5, 5.41) is 9.20. The average molecular weight is 337 g/mol. The van der Waals surface area contributed by atoms with Crippen LogP contribution in [0.3, 0.4) is 0 Å². The summed E-state index contributed by atoms with van der Waals surface area (Å²) in [6.07, 6.45) is 1.11. The number of methoxy groups -OCH3 is 1. The molecule has 1 aromatic carbocycles. The minimum atomic E-state index is -3.28. The number of hydrogen-bond donors (Lipinski definition) is 1. The summed E-state index contributed by atoms with van der Waals surface area (Å²) in [7, 11) is -2.06. The number of nitrogens with zero attached hydrogens (tertiary/aromatic N) is 1. The molecule has 0 saturated carbocycles. The first kappa shape index (κ1) is 16.9. The molecule has 2 rings (SSSR count). The van der Waals surface area contributed by atoms with E-state index in [9.17, 15) is 18.3 Å². The topological polar surface area (TPSA) is 103 Å². The van der Waals surface area contributed by atoms with Crippen LogP contribution >= 0.6 is 0 Å². The molecule has 0 spiro atoms. The van der Waals surface area contributed by atoms with Crippen LogP contribution in [0.1, 0.15) is 16.2 Å². The number of carbonyl (C=O) groups is 1. The van der Waals surface area contributed by atoms with Crippen molar-refractivity contribution in [2.75, 3.05) is 13.4 Å². The summed E-state index contributed by atoms with van der Waals surface area (Å²) < 4.78 is 33.0. The van der Waals surface area contributed by atoms with Gasteiger partial charge in [0.15, 0.2) is 15.5 Å². The second kappa shape index (κ2) is 6.76. The Morgan fingerprint density at radius 1 is 1.17 bits per heavy atom. The maximum absolute atomic E-state index is 11.6. The summed E-state index contributed by atoms with van der Waals surface area (Å²) in [6.45, 7) is -0.367. The molecule has 2 aromatic rings. The van der Waals surface area contributed by atoms with Gasteiger partial charge in [0, 0.05) is 18.4 Å². The Morgan fingerprint density at radius 3 is 2.35 bits per heavy atom. The molecule has 1 N–H and O–H groups in total. The van der Waals surface area contributed by atoms with Crippen LogP contribution in [-0.2, 0) is 21.2 Å². The number of aliphatic hydroxyl groups excluding tert-OH is 1. The molecule has 23 heavy (non-hydrogen) atoms. The van der Waals surface area contributed by atoms with E-state index < -0.39 is 15.8 Å². The minimum Gasteiger partial charge on any atom is -0.464 e. The number of hydrogen-bond acceptors (Lipinski definition) is 7. The zero-order chi connectivity index (χ0) is 17.0. The van der Waals surface area contributed by atoms with Gasteiger partial charge in [-0.05, 0) is 24.3 Å². The number of aromatic nitrogens is 1. The maximum Gasteiger partial charge on any atom is 0.356 e. The van der Waals surface area contributed by atoms with Crippen LogP contribution in [0.25, 0.3) is 0 Å². The van der Waals surface area contributed by atoms with Crippen LogP contribution in [0.5, 0.6) is 11.5 Å². The van der Waals surface area contributed by atoms with E-state index >= 15 is 0 Å². The fourth-order valence-corrected chi connectivity index (χ4v) is 2.43. The third kappa shape index (κ3) is 4.27. The normalized spacial score (nSPS) is 11.1. The van der Waals surface area contributed by atoms with E-state index in [-0.39, 0.29) is 28.6 Å². The van der Waals surface area contributed by atoms with Gasteiger partial charge in [-0.25, -0.2) is 18.2 Å². The highest BCUT2D eigenvalue weighted by Crippen LogP contribution is 2.24. The first-order valence-corrected chi connectivity index (χ1v) is 8.40. The molecule has 0 aliphatic rings. The molecule has 0 bridgehead atoms. The molecule has 1 heterocycles. The summed E-state index contributed by atoms with van der Waals surface area (Å²) in [5.41, 5.74) is 0.248. The van der Waals surface area contributed by atoms with Crippen molar-refractivity contribution in [1.82, 2.24) is 4.98 Å². The molecule has 122 valence electrons. The van der Waals surface area contributed by atoms with Crippen LogP contribution in [0.15, 0.2) is 41.3 Å². The monoisotopic (exact) mass is 337 g/mol. The van der Waals surface area contributed by atoms with Gasteiger partial charge in [0.05, 0.1) is 24.3 Å². The number of pyridine rings is 1. The minimum absolute atomic E-state index is 0.00167. The number of aliphatic hydroxyl groups is 1. The van der Waals surface area contributed by atoms with E-state index in [2.05, 4.69) is 9.72 Å². The van der Waals surface area contributed by atoms with Crippen molar-refractivity contribution < 1.29 is 27.8 Å². The van der Waals surface area contributed by atoms with Crippen molar-refractivity contribution in [3.63, 3.8) is 0 Å². The number of rotatable bonds is 5. The Labute approximate surface area is 133 Å². The van der Waals surface area contributed by atoms with Crippen molar-refractivity contribution >= 4 is 15.8 Å². The Bertz CT molecular complexity index is 814. The van der Waals surface area contributed by atoms with Gasteiger partial charge in [-0.3, -0.25) is 0 Å². The molecule has 0 saturated heterocycles. The van der Waals surface area contributed by atoms with E-state index in [4.69, 9.17) is 4.74 Å². The van der Waals surface area contributed by atoms with Crippen LogP contribution in [0.4, 0.5) is 0 Å². The lowest BCUT2D eigenvalue weighted by Crippen LogP contribution is -2.06. The van der Waals surface area contributed by atoms with Gasteiger partial charge in [-0.2, -0.15) is 0 Å². The summed E-state index contributed by atoms with van der Waals surface area (Å²) in [4.78, 5) is 15.7. The van der Waals surface area contributed by atoms with Crippen molar-refractivity contribution in [3.8, 4) is 11.5 Å². The number of ether oxygens (including phenoxy) is 2. The summed E-state index contributed by atoms with van der Waals surface area (Å²) in [6, 6.07) is 8.66. The second-order valence-electron chi connectivity index (χ2n) is 4.67. The molecule has 0 aliphatic heterocycles. The predicted molar refractivity (Wildman–Crippen MR) is 81.1 cm³/mol. The number of benzene rings is 1. The van der Waals surface area contributed by atoms with Gasteiger partial charge in [-0.1, -0.05) is 0 Å². The molecule has 7 nitrogen and oxygen atoms in total. The van der Waals surface area contributed by atoms with E-state index in [1.54, 1.807) is 0 Å². The van der Waals surface area contributed by atoms with Gasteiger partial charge in [0.1, 0.15) is 11.5 Å². The third-order valence-corrected chi connectivity index (χ3v) is 4.02. The fourth-order valence-electron chi connectivity index (χ4n) is 1.80. The number of carbonyl (C=O) groups excluding carboxylic acids is 1. The van der Waals surface area contributed by atoms with E-state index in [1.165, 1.54) is 43.5 Å². The maximum atomic E-state index is 11.6. The van der Waals surface area contributed by atoms with Crippen LogP contribution < -0.4 is 4.74 Å². The van der Waals surface area contributed by atoms with Crippen LogP contribution in [-0.4, -0.2) is 37.8 Å². The van der Waals surface area contributed by atoms with Crippen LogP contribution in [0, 0.1) is 0 Å². The fraction of sp³-hybridized carbons (Fsp3) is 0.200. The van der Waals surface area contributed by atoms with Gasteiger partial charge in [0.25, 0.3) is 0 Å². The summed E-state index contributed by atoms with van der Waals surface area (Å²) in [5.74, 6) is -0.00237. The Kier molecular flexibility index (Phi) is 4.97. The van der Waals surface area contributed by atoms with Crippen LogP contribution in [0.2, 0.25) is 0 Å². The van der Waals surface area contributed by atoms with Gasteiger partial charge < -0.3 is 14.6 Å². The van der Waals surface area contributed by atoms with Crippen molar-refractivity contribution in [2.45, 2.75) is 11.5 Å². The Morgan fingerprint density at radius 2 is 1.83 bits per heavy atom. The molecule has 8 heteroatoms. The van der Waals surface area contributed by atoms with Gasteiger partial charge in [0.2, 0.25) is 0 Å². The molecule has 0 aliphatic carbocycles. The third-order valence-electron chi connectivity index (χ3n) is 2.90. The number of esters is 1. The van der Waals surface area contributed by atoms with E-state index in [1.807, 2.05) is 0 Å². The lowest BCUT2D eigenvalue weighted by atomic mass is 10.2. The molecule has 0 amide bonds. The number of sulfone groups is 1. The highest BCUT2D eigenvalue weighted by atomic mass is 32.2. The lowest BCUT2D eigenvalue weighted by Gasteiger charge is -2.09. The molecular weight excluding hydrogens is 322 g/mol. The Balaban J connectivity index is 2.30. The van der Waals surface area contributed by atoms with E-state index in [0.717, 1.165) is 6.26 Å². The first-order valence-electron chi connectivity index (χ1n) is 6.51. The second-order valence-corrected chi connectivity index (χ2v) is 6.69. The molecule has 0 radical (unpaired) electrons. The SMILES string of the molecule is COC(=O)c1cc(Oc2ccc(S(C)(=O)=O)cc2)cc(CO)n1. The largest absolute Gasteiger partial charge is 0.464 e.